The van der Waals surface area contributed by atoms with Crippen molar-refractivity contribution in [3.05, 3.63) is 0 Å². The Morgan fingerprint density at radius 3 is 2.21 bits per heavy atom. The normalized spacial score (nSPS) is 13.6. The van der Waals surface area contributed by atoms with E-state index in [-0.39, 0.29) is 11.8 Å². The number of carboxylic acids is 1. The van der Waals surface area contributed by atoms with E-state index in [0.29, 0.717) is 0 Å². The molecule has 1 atom stereocenters. The van der Waals surface area contributed by atoms with Crippen molar-refractivity contribution in [2.75, 3.05) is 20.6 Å². The third-order valence-corrected chi connectivity index (χ3v) is 2.49. The summed E-state index contributed by atoms with van der Waals surface area (Å²) < 4.78 is 0. The highest BCUT2D eigenvalue weighted by atomic mass is 16.4. The molecule has 0 spiro atoms. The van der Waals surface area contributed by atoms with Crippen LogP contribution in [-0.4, -0.2) is 36.6 Å². The van der Waals surface area contributed by atoms with Crippen molar-refractivity contribution in [3.8, 4) is 0 Å². The first kappa shape index (κ1) is 13.4. The molecular weight excluding hydrogens is 178 g/mol. The Balaban J connectivity index is 3.67. The zero-order valence-corrected chi connectivity index (χ0v) is 9.79. The molecule has 0 heterocycles. The lowest BCUT2D eigenvalue weighted by atomic mass is 9.91. The topological polar surface area (TPSA) is 40.5 Å². The number of nitrogens with zero attached hydrogens (tertiary/aromatic N) is 1. The minimum absolute atomic E-state index is 0.169. The molecule has 0 amide bonds. The maximum absolute atomic E-state index is 10.9. The smallest absolute Gasteiger partial charge is 0.306 e. The lowest BCUT2D eigenvalue weighted by molar-refractivity contribution is -0.143. The van der Waals surface area contributed by atoms with Crippen LogP contribution in [0.3, 0.4) is 0 Å². The number of hydrogen-bond donors (Lipinski definition) is 1. The predicted octanol–water partition coefficient (Wildman–Crippen LogP) is 2.08. The second-order valence-electron chi connectivity index (χ2n) is 4.49. The van der Waals surface area contributed by atoms with Gasteiger partial charge in [0.1, 0.15) is 0 Å². The van der Waals surface area contributed by atoms with Crippen molar-refractivity contribution in [2.45, 2.75) is 33.1 Å². The highest BCUT2D eigenvalue weighted by molar-refractivity contribution is 5.70. The monoisotopic (exact) mass is 201 g/mol. The van der Waals surface area contributed by atoms with Gasteiger partial charge >= 0.3 is 5.97 Å². The van der Waals surface area contributed by atoms with E-state index in [4.69, 9.17) is 5.11 Å². The molecule has 3 nitrogen and oxygen atoms in total. The van der Waals surface area contributed by atoms with Gasteiger partial charge in [-0.2, -0.15) is 0 Å². The Morgan fingerprint density at radius 1 is 1.29 bits per heavy atom. The first-order valence-electron chi connectivity index (χ1n) is 5.32. The Labute approximate surface area is 87.1 Å². The summed E-state index contributed by atoms with van der Waals surface area (Å²) in [6, 6.07) is 0. The van der Waals surface area contributed by atoms with E-state index in [0.717, 1.165) is 25.8 Å². The van der Waals surface area contributed by atoms with Crippen molar-refractivity contribution in [1.82, 2.24) is 4.90 Å². The number of rotatable bonds is 7. The van der Waals surface area contributed by atoms with Crippen molar-refractivity contribution in [2.24, 2.45) is 11.8 Å². The summed E-state index contributed by atoms with van der Waals surface area (Å²) in [5.41, 5.74) is 0. The van der Waals surface area contributed by atoms with E-state index in [1.165, 1.54) is 0 Å². The molecular formula is C11H23NO2. The van der Waals surface area contributed by atoms with Gasteiger partial charge in [-0.3, -0.25) is 4.79 Å². The molecule has 0 radical (unpaired) electrons. The van der Waals surface area contributed by atoms with Crippen LogP contribution in [0.2, 0.25) is 0 Å². The average Bonchev–Trinajstić information content (AvgIpc) is 2.01. The number of aliphatic carboxylic acids is 1. The molecule has 0 fully saturated rings. The molecule has 3 heteroatoms. The number of carboxylic acid groups (broad SMARTS) is 1. The zero-order chi connectivity index (χ0) is 11.1. The van der Waals surface area contributed by atoms with Gasteiger partial charge in [-0.1, -0.05) is 20.3 Å². The minimum atomic E-state index is -0.648. The summed E-state index contributed by atoms with van der Waals surface area (Å²) in [7, 11) is 4.08. The van der Waals surface area contributed by atoms with E-state index >= 15 is 0 Å². The molecule has 0 aromatic rings. The fourth-order valence-corrected chi connectivity index (χ4v) is 1.53. The van der Waals surface area contributed by atoms with Crippen molar-refractivity contribution in [3.63, 3.8) is 0 Å². The standard InChI is InChI=1S/C11H23NO2/c1-9(2)10(11(13)14)7-5-6-8-12(3)4/h9-10H,5-8H2,1-4H3,(H,13,14). The molecule has 0 saturated carbocycles. The van der Waals surface area contributed by atoms with Gasteiger partial charge in [0.15, 0.2) is 0 Å². The average molecular weight is 201 g/mol. The second kappa shape index (κ2) is 6.82. The third-order valence-electron chi connectivity index (χ3n) is 2.49. The second-order valence-corrected chi connectivity index (χ2v) is 4.49. The van der Waals surface area contributed by atoms with Crippen LogP contribution in [0.15, 0.2) is 0 Å². The molecule has 0 bridgehead atoms. The van der Waals surface area contributed by atoms with Crippen LogP contribution in [0.4, 0.5) is 0 Å². The van der Waals surface area contributed by atoms with Gasteiger partial charge in [0.05, 0.1) is 5.92 Å². The van der Waals surface area contributed by atoms with Gasteiger partial charge in [0, 0.05) is 0 Å². The molecule has 0 aliphatic carbocycles. The van der Waals surface area contributed by atoms with Gasteiger partial charge in [-0.15, -0.1) is 0 Å². The highest BCUT2D eigenvalue weighted by Gasteiger charge is 2.20. The van der Waals surface area contributed by atoms with E-state index < -0.39 is 5.97 Å². The van der Waals surface area contributed by atoms with Crippen LogP contribution in [0, 0.1) is 11.8 Å². The molecule has 0 aromatic carbocycles. The molecule has 0 aliphatic rings. The first-order chi connectivity index (χ1) is 6.45. The van der Waals surface area contributed by atoms with Crippen LogP contribution in [0.25, 0.3) is 0 Å². The zero-order valence-electron chi connectivity index (χ0n) is 9.79. The highest BCUT2D eigenvalue weighted by Crippen LogP contribution is 2.18. The van der Waals surface area contributed by atoms with Crippen LogP contribution in [0.5, 0.6) is 0 Å². The van der Waals surface area contributed by atoms with Crippen LogP contribution >= 0.6 is 0 Å². The first-order valence-corrected chi connectivity index (χ1v) is 5.32. The van der Waals surface area contributed by atoms with Crippen molar-refractivity contribution >= 4 is 5.97 Å². The molecule has 0 aliphatic heterocycles. The van der Waals surface area contributed by atoms with E-state index in [1.807, 2.05) is 27.9 Å². The summed E-state index contributed by atoms with van der Waals surface area (Å²) in [5, 5.41) is 8.94. The summed E-state index contributed by atoms with van der Waals surface area (Å²) in [6.45, 7) is 5.00. The van der Waals surface area contributed by atoms with Crippen LogP contribution < -0.4 is 0 Å². The molecule has 0 rings (SSSR count). The quantitative estimate of drug-likeness (QED) is 0.641. The summed E-state index contributed by atoms with van der Waals surface area (Å²) >= 11 is 0. The number of hydrogen-bond acceptors (Lipinski definition) is 2. The minimum Gasteiger partial charge on any atom is -0.481 e. The van der Waals surface area contributed by atoms with Crippen molar-refractivity contribution < 1.29 is 9.90 Å². The SMILES string of the molecule is CC(C)C(CCCCN(C)C)C(=O)O. The predicted molar refractivity (Wildman–Crippen MR) is 58.4 cm³/mol. The Hall–Kier alpha value is -0.570. The van der Waals surface area contributed by atoms with Gasteiger partial charge in [-0.05, 0) is 39.4 Å². The van der Waals surface area contributed by atoms with Gasteiger partial charge in [-0.25, -0.2) is 0 Å². The maximum atomic E-state index is 10.9. The lowest BCUT2D eigenvalue weighted by Gasteiger charge is -2.16. The van der Waals surface area contributed by atoms with Gasteiger partial charge in [0.2, 0.25) is 0 Å². The Morgan fingerprint density at radius 2 is 1.86 bits per heavy atom. The fourth-order valence-electron chi connectivity index (χ4n) is 1.53. The maximum Gasteiger partial charge on any atom is 0.306 e. The van der Waals surface area contributed by atoms with Crippen LogP contribution in [0.1, 0.15) is 33.1 Å². The van der Waals surface area contributed by atoms with Gasteiger partial charge in [0.25, 0.3) is 0 Å². The van der Waals surface area contributed by atoms with Crippen molar-refractivity contribution in [1.29, 1.82) is 0 Å². The van der Waals surface area contributed by atoms with E-state index in [9.17, 15) is 4.79 Å². The lowest BCUT2D eigenvalue weighted by Crippen LogP contribution is -2.20. The Bertz CT molecular complexity index is 167. The van der Waals surface area contributed by atoms with Crippen LogP contribution in [-0.2, 0) is 4.79 Å². The summed E-state index contributed by atoms with van der Waals surface area (Å²) in [4.78, 5) is 13.0. The number of unbranched alkanes of at least 4 members (excludes halogenated alkanes) is 1. The Kier molecular flexibility index (Phi) is 6.54. The summed E-state index contributed by atoms with van der Waals surface area (Å²) in [5.74, 6) is -0.575. The molecule has 0 saturated heterocycles. The van der Waals surface area contributed by atoms with Gasteiger partial charge < -0.3 is 10.0 Å². The molecule has 1 N–H and O–H groups in total. The summed E-state index contributed by atoms with van der Waals surface area (Å²) in [6.07, 6.45) is 2.90. The molecule has 0 aromatic heterocycles. The third kappa shape index (κ3) is 5.97. The molecule has 14 heavy (non-hydrogen) atoms. The molecule has 1 unspecified atom stereocenters. The fraction of sp³-hybridized carbons (Fsp3) is 0.909. The largest absolute Gasteiger partial charge is 0.481 e. The van der Waals surface area contributed by atoms with E-state index in [1.54, 1.807) is 0 Å². The number of carbonyl (C=O) groups is 1. The van der Waals surface area contributed by atoms with E-state index in [2.05, 4.69) is 4.90 Å². The molecule has 84 valence electrons.